The van der Waals surface area contributed by atoms with Crippen molar-refractivity contribution < 1.29 is 8.42 Å². The van der Waals surface area contributed by atoms with Crippen LogP contribution >= 0.6 is 0 Å². The van der Waals surface area contributed by atoms with Gasteiger partial charge in [-0.15, -0.1) is 0 Å². The quantitative estimate of drug-likeness (QED) is 0.917. The van der Waals surface area contributed by atoms with Crippen LogP contribution in [0.15, 0.2) is 35.5 Å². The normalized spacial score (nSPS) is 11.8. The fourth-order valence-corrected chi connectivity index (χ4v) is 2.92. The highest BCUT2D eigenvalue weighted by Crippen LogP contribution is 2.15. The van der Waals surface area contributed by atoms with E-state index in [2.05, 4.69) is 9.82 Å². The zero-order valence-electron chi connectivity index (χ0n) is 11.9. The lowest BCUT2D eigenvalue weighted by atomic mass is 10.1. The molecule has 0 radical (unpaired) electrons. The predicted octanol–water partition coefficient (Wildman–Crippen LogP) is 2.00. The van der Waals surface area contributed by atoms with E-state index in [1.54, 1.807) is 23.0 Å². The summed E-state index contributed by atoms with van der Waals surface area (Å²) in [4.78, 5) is 0.295. The first-order valence-corrected chi connectivity index (χ1v) is 7.99. The Hall–Kier alpha value is -1.66. The van der Waals surface area contributed by atoms with Gasteiger partial charge in [0.05, 0.1) is 11.1 Å². The van der Waals surface area contributed by atoms with Gasteiger partial charge >= 0.3 is 0 Å². The van der Waals surface area contributed by atoms with Gasteiger partial charge in [-0.2, -0.15) is 5.10 Å². The molecule has 0 spiro atoms. The molecule has 6 heteroatoms. The SMILES string of the molecule is CCn1cc(CNS(=O)(=O)c2ccc(C)c(C)c2)cn1. The lowest BCUT2D eigenvalue weighted by Crippen LogP contribution is -2.23. The first-order chi connectivity index (χ1) is 9.42. The number of aryl methyl sites for hydroxylation is 3. The first-order valence-electron chi connectivity index (χ1n) is 6.50. The molecule has 0 bridgehead atoms. The zero-order valence-corrected chi connectivity index (χ0v) is 12.7. The Balaban J connectivity index is 2.12. The Morgan fingerprint density at radius 3 is 2.60 bits per heavy atom. The molecule has 1 heterocycles. The molecule has 0 atom stereocenters. The van der Waals surface area contributed by atoms with E-state index in [4.69, 9.17) is 0 Å². The standard InChI is InChI=1S/C14H19N3O2S/c1-4-17-10-13(8-15-17)9-16-20(18,19)14-6-5-11(2)12(3)7-14/h5-8,10,16H,4,9H2,1-3H3. The van der Waals surface area contributed by atoms with Crippen LogP contribution in [0.2, 0.25) is 0 Å². The van der Waals surface area contributed by atoms with Gasteiger partial charge in [-0.1, -0.05) is 6.07 Å². The van der Waals surface area contributed by atoms with Gasteiger partial charge in [0.15, 0.2) is 0 Å². The molecule has 2 rings (SSSR count). The van der Waals surface area contributed by atoms with Gasteiger partial charge in [-0.3, -0.25) is 4.68 Å². The van der Waals surface area contributed by atoms with Crippen molar-refractivity contribution >= 4 is 10.0 Å². The van der Waals surface area contributed by atoms with Crippen molar-refractivity contribution in [2.75, 3.05) is 0 Å². The van der Waals surface area contributed by atoms with Crippen LogP contribution in [0.1, 0.15) is 23.6 Å². The summed E-state index contributed by atoms with van der Waals surface area (Å²) in [6.07, 6.45) is 3.51. The van der Waals surface area contributed by atoms with Crippen LogP contribution in [0.25, 0.3) is 0 Å². The molecule has 1 aromatic heterocycles. The Labute approximate surface area is 119 Å². The fourth-order valence-electron chi connectivity index (χ4n) is 1.81. The molecule has 2 aromatic rings. The summed E-state index contributed by atoms with van der Waals surface area (Å²) in [6.45, 7) is 6.85. The number of nitrogens with one attached hydrogen (secondary N) is 1. The van der Waals surface area contributed by atoms with Crippen molar-refractivity contribution in [1.29, 1.82) is 0 Å². The third kappa shape index (κ3) is 3.26. The van der Waals surface area contributed by atoms with E-state index in [0.29, 0.717) is 4.90 Å². The van der Waals surface area contributed by atoms with Crippen LogP contribution < -0.4 is 4.72 Å². The predicted molar refractivity (Wildman–Crippen MR) is 77.8 cm³/mol. The lowest BCUT2D eigenvalue weighted by Gasteiger charge is -2.07. The smallest absolute Gasteiger partial charge is 0.240 e. The second-order valence-electron chi connectivity index (χ2n) is 4.77. The molecule has 0 saturated carbocycles. The topological polar surface area (TPSA) is 64.0 Å². The van der Waals surface area contributed by atoms with Gasteiger partial charge in [0, 0.05) is 24.8 Å². The van der Waals surface area contributed by atoms with Gasteiger partial charge in [-0.05, 0) is 44.0 Å². The van der Waals surface area contributed by atoms with E-state index < -0.39 is 10.0 Å². The third-order valence-corrected chi connectivity index (χ3v) is 4.66. The first kappa shape index (κ1) is 14.7. The third-order valence-electron chi connectivity index (χ3n) is 3.27. The molecule has 0 aliphatic heterocycles. The Morgan fingerprint density at radius 1 is 1.25 bits per heavy atom. The van der Waals surface area contributed by atoms with E-state index >= 15 is 0 Å². The minimum absolute atomic E-state index is 0.245. The Morgan fingerprint density at radius 2 is 2.00 bits per heavy atom. The van der Waals surface area contributed by atoms with Gasteiger partial charge < -0.3 is 0 Å². The average Bonchev–Trinajstić information content (AvgIpc) is 2.87. The van der Waals surface area contributed by atoms with Gasteiger partial charge in [0.1, 0.15) is 0 Å². The van der Waals surface area contributed by atoms with E-state index in [9.17, 15) is 8.42 Å². The fraction of sp³-hybridized carbons (Fsp3) is 0.357. The summed E-state index contributed by atoms with van der Waals surface area (Å²) in [5.41, 5.74) is 2.89. The number of nitrogens with zero attached hydrogens (tertiary/aromatic N) is 2. The lowest BCUT2D eigenvalue weighted by molar-refractivity contribution is 0.581. The monoisotopic (exact) mass is 293 g/mol. The summed E-state index contributed by atoms with van der Waals surface area (Å²) in [5, 5.41) is 4.12. The maximum atomic E-state index is 12.2. The van der Waals surface area contributed by atoms with E-state index in [1.165, 1.54) is 0 Å². The molecule has 0 amide bonds. The van der Waals surface area contributed by atoms with Crippen LogP contribution in [-0.2, 0) is 23.1 Å². The van der Waals surface area contributed by atoms with E-state index in [-0.39, 0.29) is 6.54 Å². The van der Waals surface area contributed by atoms with Gasteiger partial charge in [0.25, 0.3) is 0 Å². The maximum absolute atomic E-state index is 12.2. The van der Waals surface area contributed by atoms with Gasteiger partial charge in [-0.25, -0.2) is 13.1 Å². The molecule has 0 saturated heterocycles. The van der Waals surface area contributed by atoms with Crippen molar-refractivity contribution in [2.45, 2.75) is 38.8 Å². The number of rotatable bonds is 5. The number of hydrogen-bond acceptors (Lipinski definition) is 3. The molecule has 1 N–H and O–H groups in total. The molecular weight excluding hydrogens is 274 g/mol. The highest BCUT2D eigenvalue weighted by atomic mass is 32.2. The van der Waals surface area contributed by atoms with Crippen LogP contribution in [-0.4, -0.2) is 18.2 Å². The van der Waals surface area contributed by atoms with Crippen molar-refractivity contribution in [3.05, 3.63) is 47.3 Å². The van der Waals surface area contributed by atoms with Crippen molar-refractivity contribution in [3.8, 4) is 0 Å². The zero-order chi connectivity index (χ0) is 14.8. The molecule has 5 nitrogen and oxygen atoms in total. The highest BCUT2D eigenvalue weighted by Gasteiger charge is 2.14. The van der Waals surface area contributed by atoms with Crippen LogP contribution in [0, 0.1) is 13.8 Å². The maximum Gasteiger partial charge on any atom is 0.240 e. The number of benzene rings is 1. The van der Waals surface area contributed by atoms with Crippen LogP contribution in [0.5, 0.6) is 0 Å². The van der Waals surface area contributed by atoms with Crippen LogP contribution in [0.4, 0.5) is 0 Å². The summed E-state index contributed by atoms with van der Waals surface area (Å²) >= 11 is 0. The van der Waals surface area contributed by atoms with Crippen molar-refractivity contribution in [2.24, 2.45) is 0 Å². The average molecular weight is 293 g/mol. The van der Waals surface area contributed by atoms with E-state index in [0.717, 1.165) is 23.2 Å². The van der Waals surface area contributed by atoms with Crippen molar-refractivity contribution in [3.63, 3.8) is 0 Å². The summed E-state index contributed by atoms with van der Waals surface area (Å²) in [7, 11) is -3.48. The molecule has 0 aliphatic carbocycles. The summed E-state index contributed by atoms with van der Waals surface area (Å²) in [6, 6.07) is 5.13. The minimum Gasteiger partial charge on any atom is -0.273 e. The largest absolute Gasteiger partial charge is 0.273 e. The molecule has 0 unspecified atom stereocenters. The second kappa shape index (κ2) is 5.76. The number of hydrogen-bond donors (Lipinski definition) is 1. The summed E-state index contributed by atoms with van der Waals surface area (Å²) < 4.78 is 28.8. The number of sulfonamides is 1. The van der Waals surface area contributed by atoms with Gasteiger partial charge in [0.2, 0.25) is 10.0 Å². The molecular formula is C14H19N3O2S. The Kier molecular flexibility index (Phi) is 4.25. The van der Waals surface area contributed by atoms with Crippen LogP contribution in [0.3, 0.4) is 0 Å². The molecule has 1 aromatic carbocycles. The van der Waals surface area contributed by atoms with Crippen molar-refractivity contribution in [1.82, 2.24) is 14.5 Å². The number of aromatic nitrogens is 2. The molecule has 0 aliphatic rings. The Bertz CT molecular complexity index is 705. The minimum atomic E-state index is -3.48. The highest BCUT2D eigenvalue weighted by molar-refractivity contribution is 7.89. The van der Waals surface area contributed by atoms with E-state index in [1.807, 2.05) is 33.0 Å². The second-order valence-corrected chi connectivity index (χ2v) is 6.54. The molecule has 0 fully saturated rings. The summed E-state index contributed by atoms with van der Waals surface area (Å²) in [5.74, 6) is 0. The molecule has 108 valence electrons. The molecule has 20 heavy (non-hydrogen) atoms.